The zero-order valence-corrected chi connectivity index (χ0v) is 9.51. The second-order valence-electron chi connectivity index (χ2n) is 2.59. The lowest BCUT2D eigenvalue weighted by Gasteiger charge is -2.04. The Hall–Kier alpha value is -1.07. The van der Waals surface area contributed by atoms with Gasteiger partial charge in [-0.15, -0.1) is 0 Å². The normalized spacial score (nSPS) is 10.1. The molecule has 0 aliphatic heterocycles. The first-order chi connectivity index (χ1) is 6.75. The summed E-state index contributed by atoms with van der Waals surface area (Å²) in [6.07, 6.45) is 1.69. The largest absolute Gasteiger partial charge is 0.430 e. The lowest BCUT2D eigenvalue weighted by atomic mass is 10.3. The molecule has 14 heavy (non-hydrogen) atoms. The number of thiazole rings is 1. The van der Waals surface area contributed by atoms with Crippen LogP contribution in [0.1, 0.15) is 0 Å². The van der Waals surface area contributed by atoms with E-state index in [1.165, 1.54) is 11.3 Å². The average Bonchev–Trinajstić information content (AvgIpc) is 2.64. The number of nitrogens with two attached hydrogens (primary N) is 1. The highest BCUT2D eigenvalue weighted by Crippen LogP contribution is 2.31. The molecule has 0 unspecified atom stereocenters. The highest BCUT2D eigenvalue weighted by molar-refractivity contribution is 9.10. The lowest BCUT2D eigenvalue weighted by Crippen LogP contribution is -1.88. The van der Waals surface area contributed by atoms with Crippen molar-refractivity contribution in [3.8, 4) is 10.9 Å². The Labute approximate surface area is 93.7 Å². The molecule has 0 radical (unpaired) electrons. The molecule has 0 saturated carbocycles. The Morgan fingerprint density at radius 1 is 1.43 bits per heavy atom. The van der Waals surface area contributed by atoms with Gasteiger partial charge in [0.2, 0.25) is 0 Å². The fourth-order valence-corrected chi connectivity index (χ4v) is 1.78. The molecule has 2 aromatic rings. The second kappa shape index (κ2) is 3.98. The van der Waals surface area contributed by atoms with Gasteiger partial charge in [0.1, 0.15) is 5.75 Å². The number of ether oxygens (including phenoxy) is 1. The van der Waals surface area contributed by atoms with Crippen LogP contribution in [0.3, 0.4) is 0 Å². The Bertz CT molecular complexity index is 430. The fraction of sp³-hybridized carbons (Fsp3) is 0. The Morgan fingerprint density at radius 3 is 3.00 bits per heavy atom. The van der Waals surface area contributed by atoms with E-state index in [2.05, 4.69) is 20.9 Å². The number of nitrogens with zero attached hydrogens (tertiary/aromatic N) is 1. The van der Waals surface area contributed by atoms with Gasteiger partial charge < -0.3 is 10.5 Å². The van der Waals surface area contributed by atoms with Crippen molar-refractivity contribution in [2.24, 2.45) is 0 Å². The predicted molar refractivity (Wildman–Crippen MR) is 60.7 cm³/mol. The van der Waals surface area contributed by atoms with Crippen molar-refractivity contribution < 1.29 is 4.74 Å². The summed E-state index contributed by atoms with van der Waals surface area (Å²) in [5, 5.41) is 2.46. The maximum atomic E-state index is 5.64. The fourth-order valence-electron chi connectivity index (χ4n) is 0.953. The van der Waals surface area contributed by atoms with E-state index in [0.717, 1.165) is 4.47 Å². The van der Waals surface area contributed by atoms with Crippen LogP contribution in [0.25, 0.3) is 0 Å². The minimum atomic E-state index is 0.608. The van der Waals surface area contributed by atoms with Crippen LogP contribution in [0, 0.1) is 0 Å². The van der Waals surface area contributed by atoms with Crippen LogP contribution in [-0.4, -0.2) is 4.98 Å². The number of nitrogen functional groups attached to an aromatic ring is 1. The molecule has 0 aliphatic rings. The molecule has 5 heteroatoms. The summed E-state index contributed by atoms with van der Waals surface area (Å²) in [5.41, 5.74) is 6.31. The van der Waals surface area contributed by atoms with Crippen LogP contribution in [0.5, 0.6) is 10.9 Å². The number of anilines is 1. The summed E-state index contributed by atoms with van der Waals surface area (Å²) in [7, 11) is 0. The predicted octanol–water partition coefficient (Wildman–Crippen LogP) is 3.28. The number of rotatable bonds is 2. The molecular weight excluding hydrogens is 264 g/mol. The van der Waals surface area contributed by atoms with Crippen molar-refractivity contribution in [3.63, 3.8) is 0 Å². The summed E-state index contributed by atoms with van der Waals surface area (Å²) in [6, 6.07) is 5.41. The number of hydrogen-bond acceptors (Lipinski definition) is 4. The smallest absolute Gasteiger partial charge is 0.278 e. The first-order valence-electron chi connectivity index (χ1n) is 3.88. The van der Waals surface area contributed by atoms with Gasteiger partial charge in [-0.25, -0.2) is 4.98 Å². The van der Waals surface area contributed by atoms with E-state index >= 15 is 0 Å². The molecule has 2 N–H and O–H groups in total. The number of aromatic nitrogens is 1. The van der Waals surface area contributed by atoms with Gasteiger partial charge in [-0.05, 0) is 28.1 Å². The van der Waals surface area contributed by atoms with Crippen LogP contribution in [0.4, 0.5) is 5.69 Å². The topological polar surface area (TPSA) is 48.1 Å². The summed E-state index contributed by atoms with van der Waals surface area (Å²) in [5.74, 6) is 0.681. The number of benzene rings is 1. The van der Waals surface area contributed by atoms with Gasteiger partial charge in [-0.2, -0.15) is 0 Å². The molecule has 2 rings (SSSR count). The van der Waals surface area contributed by atoms with Gasteiger partial charge in [0.05, 0.1) is 4.47 Å². The third kappa shape index (κ3) is 2.05. The first kappa shape index (κ1) is 9.48. The molecule has 0 spiro atoms. The highest BCUT2D eigenvalue weighted by atomic mass is 79.9. The number of hydrogen-bond donors (Lipinski definition) is 1. The van der Waals surface area contributed by atoms with Gasteiger partial charge in [0.25, 0.3) is 5.19 Å². The third-order valence-electron chi connectivity index (χ3n) is 1.56. The lowest BCUT2D eigenvalue weighted by molar-refractivity contribution is 0.476. The average molecular weight is 271 g/mol. The Kier molecular flexibility index (Phi) is 2.69. The zero-order valence-electron chi connectivity index (χ0n) is 7.11. The standard InChI is InChI=1S/C9H7BrN2OS/c10-7-2-1-6(11)5-8(7)13-9-12-3-4-14-9/h1-5H,11H2. The maximum absolute atomic E-state index is 5.64. The molecule has 0 bridgehead atoms. The van der Waals surface area contributed by atoms with Crippen LogP contribution in [0.15, 0.2) is 34.2 Å². The maximum Gasteiger partial charge on any atom is 0.278 e. The minimum absolute atomic E-state index is 0.608. The molecule has 1 aromatic heterocycles. The van der Waals surface area contributed by atoms with Gasteiger partial charge in [-0.3, -0.25) is 0 Å². The van der Waals surface area contributed by atoms with E-state index < -0.39 is 0 Å². The van der Waals surface area contributed by atoms with E-state index in [9.17, 15) is 0 Å². The van der Waals surface area contributed by atoms with Crippen LogP contribution in [-0.2, 0) is 0 Å². The van der Waals surface area contributed by atoms with E-state index in [0.29, 0.717) is 16.6 Å². The van der Waals surface area contributed by atoms with Gasteiger partial charge in [0.15, 0.2) is 0 Å². The van der Waals surface area contributed by atoms with Crippen LogP contribution in [0.2, 0.25) is 0 Å². The van der Waals surface area contributed by atoms with Gasteiger partial charge >= 0.3 is 0 Å². The summed E-state index contributed by atoms with van der Waals surface area (Å²) in [4.78, 5) is 4.02. The van der Waals surface area contributed by atoms with Crippen molar-refractivity contribution in [2.75, 3.05) is 5.73 Å². The van der Waals surface area contributed by atoms with Crippen LogP contribution < -0.4 is 10.5 Å². The Balaban J connectivity index is 2.28. The van der Waals surface area contributed by atoms with E-state index in [1.54, 1.807) is 18.3 Å². The van der Waals surface area contributed by atoms with Crippen molar-refractivity contribution in [1.29, 1.82) is 0 Å². The first-order valence-corrected chi connectivity index (χ1v) is 5.55. The van der Waals surface area contributed by atoms with Crippen molar-refractivity contribution in [2.45, 2.75) is 0 Å². The highest BCUT2D eigenvalue weighted by Gasteiger charge is 2.04. The third-order valence-corrected chi connectivity index (χ3v) is 2.87. The molecule has 0 aliphatic carbocycles. The summed E-state index contributed by atoms with van der Waals surface area (Å²) >= 11 is 4.81. The van der Waals surface area contributed by atoms with Gasteiger partial charge in [0, 0.05) is 23.3 Å². The monoisotopic (exact) mass is 270 g/mol. The SMILES string of the molecule is Nc1ccc(Br)c(Oc2nccs2)c1. The van der Waals surface area contributed by atoms with E-state index in [4.69, 9.17) is 10.5 Å². The minimum Gasteiger partial charge on any atom is -0.430 e. The van der Waals surface area contributed by atoms with Crippen molar-refractivity contribution in [1.82, 2.24) is 4.98 Å². The quantitative estimate of drug-likeness (QED) is 0.853. The Morgan fingerprint density at radius 2 is 2.29 bits per heavy atom. The summed E-state index contributed by atoms with van der Waals surface area (Å²) < 4.78 is 6.37. The second-order valence-corrected chi connectivity index (χ2v) is 4.30. The molecule has 1 aromatic carbocycles. The van der Waals surface area contributed by atoms with Crippen LogP contribution >= 0.6 is 27.3 Å². The molecule has 72 valence electrons. The zero-order chi connectivity index (χ0) is 9.97. The molecule has 1 heterocycles. The number of halogens is 1. The molecule has 0 amide bonds. The molecular formula is C9H7BrN2OS. The van der Waals surface area contributed by atoms with Gasteiger partial charge in [-0.1, -0.05) is 11.3 Å². The van der Waals surface area contributed by atoms with Crippen molar-refractivity contribution in [3.05, 3.63) is 34.2 Å². The summed E-state index contributed by atoms with van der Waals surface area (Å²) in [6.45, 7) is 0. The van der Waals surface area contributed by atoms with E-state index in [1.807, 2.05) is 11.4 Å². The molecule has 0 fully saturated rings. The van der Waals surface area contributed by atoms with E-state index in [-0.39, 0.29) is 0 Å². The molecule has 3 nitrogen and oxygen atoms in total. The molecule has 0 saturated heterocycles. The van der Waals surface area contributed by atoms with Crippen molar-refractivity contribution >= 4 is 33.0 Å². The molecule has 0 atom stereocenters.